The first-order valence-corrected chi connectivity index (χ1v) is 11.7. The van der Waals surface area contributed by atoms with Crippen LogP contribution in [-0.4, -0.2) is 20.9 Å². The number of rotatable bonds is 7. The van der Waals surface area contributed by atoms with Gasteiger partial charge in [0, 0.05) is 5.69 Å². The van der Waals surface area contributed by atoms with Crippen LogP contribution < -0.4 is 9.62 Å². The van der Waals surface area contributed by atoms with Crippen molar-refractivity contribution in [3.05, 3.63) is 89.5 Å². The maximum atomic E-state index is 13.5. The van der Waals surface area contributed by atoms with E-state index in [9.17, 15) is 13.2 Å². The number of anilines is 2. The molecule has 0 atom stereocenters. The average molecular weight is 437 g/mol. The van der Waals surface area contributed by atoms with E-state index < -0.39 is 15.9 Å². The summed E-state index contributed by atoms with van der Waals surface area (Å²) in [7, 11) is -3.93. The number of sulfonamides is 1. The monoisotopic (exact) mass is 436 g/mol. The highest BCUT2D eigenvalue weighted by molar-refractivity contribution is 7.92. The number of hydrogen-bond donors (Lipinski definition) is 1. The number of amides is 1. The van der Waals surface area contributed by atoms with Crippen LogP contribution in [0.5, 0.6) is 0 Å². The van der Waals surface area contributed by atoms with E-state index in [2.05, 4.69) is 5.32 Å². The van der Waals surface area contributed by atoms with Gasteiger partial charge in [0.2, 0.25) is 5.91 Å². The molecule has 3 rings (SSSR count). The normalized spacial score (nSPS) is 11.4. The van der Waals surface area contributed by atoms with Gasteiger partial charge >= 0.3 is 0 Å². The number of carbonyl (C=O) groups is 1. The van der Waals surface area contributed by atoms with Gasteiger partial charge in [0.05, 0.1) is 10.6 Å². The lowest BCUT2D eigenvalue weighted by Crippen LogP contribution is -2.38. The van der Waals surface area contributed by atoms with Crippen LogP contribution in [0.25, 0.3) is 0 Å². The highest BCUT2D eigenvalue weighted by Crippen LogP contribution is 2.29. The van der Waals surface area contributed by atoms with Crippen molar-refractivity contribution in [2.75, 3.05) is 16.2 Å². The Hall–Kier alpha value is -3.12. The quantitative estimate of drug-likeness (QED) is 0.549. The summed E-state index contributed by atoms with van der Waals surface area (Å²) in [6.45, 7) is 7.56. The third-order valence-electron chi connectivity index (χ3n) is 5.32. The number of nitrogens with one attached hydrogen (secondary N) is 1. The first-order valence-electron chi connectivity index (χ1n) is 10.2. The summed E-state index contributed by atoms with van der Waals surface area (Å²) < 4.78 is 28.2. The van der Waals surface area contributed by atoms with Gasteiger partial charge in [-0.05, 0) is 60.7 Å². The Morgan fingerprint density at radius 1 is 0.903 bits per heavy atom. The van der Waals surface area contributed by atoms with Crippen LogP contribution in [0.15, 0.2) is 77.7 Å². The van der Waals surface area contributed by atoms with Gasteiger partial charge in [0.25, 0.3) is 10.0 Å². The van der Waals surface area contributed by atoms with E-state index in [0.29, 0.717) is 11.4 Å². The summed E-state index contributed by atoms with van der Waals surface area (Å²) in [6, 6.07) is 21.2. The first-order chi connectivity index (χ1) is 14.7. The highest BCUT2D eigenvalue weighted by Gasteiger charge is 2.28. The van der Waals surface area contributed by atoms with Crippen LogP contribution in [0.2, 0.25) is 0 Å². The topological polar surface area (TPSA) is 66.5 Å². The molecule has 0 fully saturated rings. The third-order valence-corrected chi connectivity index (χ3v) is 7.09. The van der Waals surface area contributed by atoms with E-state index in [1.54, 1.807) is 42.5 Å². The second-order valence-electron chi connectivity index (χ2n) is 7.83. The summed E-state index contributed by atoms with van der Waals surface area (Å²) in [5.74, 6) is -0.173. The van der Waals surface area contributed by atoms with Gasteiger partial charge in [0.15, 0.2) is 0 Å². The summed E-state index contributed by atoms with van der Waals surface area (Å²) >= 11 is 0. The fraction of sp³-hybridized carbons (Fsp3) is 0.240. The lowest BCUT2D eigenvalue weighted by Gasteiger charge is -2.26. The van der Waals surface area contributed by atoms with E-state index in [4.69, 9.17) is 0 Å². The first kappa shape index (κ1) is 22.6. The molecular weight excluding hydrogens is 408 g/mol. The molecule has 0 bridgehead atoms. The van der Waals surface area contributed by atoms with Gasteiger partial charge in [-0.2, -0.15) is 0 Å². The maximum Gasteiger partial charge on any atom is 0.264 e. The largest absolute Gasteiger partial charge is 0.324 e. The Bertz CT molecular complexity index is 1170. The molecule has 0 unspecified atom stereocenters. The second kappa shape index (κ2) is 9.35. The van der Waals surface area contributed by atoms with Crippen molar-refractivity contribution in [2.24, 2.45) is 0 Å². The zero-order chi connectivity index (χ0) is 22.6. The number of para-hydroxylation sites is 1. The zero-order valence-corrected chi connectivity index (χ0v) is 19.1. The molecule has 0 spiro atoms. The molecule has 0 heterocycles. The Morgan fingerprint density at radius 2 is 1.55 bits per heavy atom. The number of carbonyl (C=O) groups excluding carboxylic acids is 1. The van der Waals surface area contributed by atoms with Crippen LogP contribution in [0.4, 0.5) is 11.4 Å². The van der Waals surface area contributed by atoms with Crippen molar-refractivity contribution in [3.8, 4) is 0 Å². The van der Waals surface area contributed by atoms with Crippen LogP contribution in [0, 0.1) is 13.8 Å². The van der Waals surface area contributed by atoms with Crippen molar-refractivity contribution in [2.45, 2.75) is 38.5 Å². The van der Waals surface area contributed by atoms with E-state index in [1.807, 2.05) is 58.0 Å². The smallest absolute Gasteiger partial charge is 0.264 e. The van der Waals surface area contributed by atoms with Gasteiger partial charge in [-0.1, -0.05) is 62.4 Å². The molecule has 0 saturated heterocycles. The molecule has 6 heteroatoms. The number of hydrogen-bond acceptors (Lipinski definition) is 3. The molecule has 0 aliphatic heterocycles. The Balaban J connectivity index is 2.00. The molecule has 0 aromatic heterocycles. The lowest BCUT2D eigenvalue weighted by molar-refractivity contribution is -0.114. The van der Waals surface area contributed by atoms with E-state index in [1.165, 1.54) is 4.31 Å². The standard InChI is InChI=1S/C25H28N2O3S/c1-18(2)22-14-8-9-15-23(22)26-25(28)17-27(24-16-10-11-19(3)20(24)4)31(29,30)21-12-6-5-7-13-21/h5-16,18H,17H2,1-4H3,(H,26,28). The average Bonchev–Trinajstić information content (AvgIpc) is 2.75. The maximum absolute atomic E-state index is 13.5. The van der Waals surface area contributed by atoms with Crippen LogP contribution in [-0.2, 0) is 14.8 Å². The third kappa shape index (κ3) is 4.97. The van der Waals surface area contributed by atoms with E-state index in [0.717, 1.165) is 16.7 Å². The number of benzene rings is 3. The molecular formula is C25H28N2O3S. The Morgan fingerprint density at radius 3 is 2.23 bits per heavy atom. The fourth-order valence-corrected chi connectivity index (χ4v) is 4.96. The Labute approximate surface area is 184 Å². The highest BCUT2D eigenvalue weighted by atomic mass is 32.2. The molecule has 162 valence electrons. The zero-order valence-electron chi connectivity index (χ0n) is 18.3. The van der Waals surface area contributed by atoms with Gasteiger partial charge in [0.1, 0.15) is 6.54 Å². The van der Waals surface area contributed by atoms with Gasteiger partial charge < -0.3 is 5.32 Å². The van der Waals surface area contributed by atoms with Crippen LogP contribution in [0.1, 0.15) is 36.5 Å². The molecule has 31 heavy (non-hydrogen) atoms. The summed E-state index contributed by atoms with van der Waals surface area (Å²) in [5, 5.41) is 2.90. The predicted octanol–water partition coefficient (Wildman–Crippen LogP) is 5.26. The molecule has 0 aliphatic rings. The number of nitrogens with zero attached hydrogens (tertiary/aromatic N) is 1. The van der Waals surface area contributed by atoms with Crippen LogP contribution in [0.3, 0.4) is 0 Å². The van der Waals surface area contributed by atoms with Crippen molar-refractivity contribution >= 4 is 27.3 Å². The summed E-state index contributed by atoms with van der Waals surface area (Å²) in [5.41, 5.74) is 3.96. The minimum absolute atomic E-state index is 0.145. The van der Waals surface area contributed by atoms with Gasteiger partial charge in [-0.15, -0.1) is 0 Å². The minimum Gasteiger partial charge on any atom is -0.324 e. The summed E-state index contributed by atoms with van der Waals surface area (Å²) in [4.78, 5) is 13.2. The molecule has 0 saturated carbocycles. The van der Waals surface area contributed by atoms with E-state index >= 15 is 0 Å². The van der Waals surface area contributed by atoms with Crippen molar-refractivity contribution < 1.29 is 13.2 Å². The van der Waals surface area contributed by atoms with Crippen molar-refractivity contribution in [3.63, 3.8) is 0 Å². The second-order valence-corrected chi connectivity index (χ2v) is 9.70. The number of aryl methyl sites for hydroxylation is 1. The SMILES string of the molecule is Cc1cccc(N(CC(=O)Nc2ccccc2C(C)C)S(=O)(=O)c2ccccc2)c1C. The minimum atomic E-state index is -3.93. The fourth-order valence-electron chi connectivity index (χ4n) is 3.46. The molecule has 3 aromatic rings. The van der Waals surface area contributed by atoms with Crippen LogP contribution >= 0.6 is 0 Å². The van der Waals surface area contributed by atoms with Gasteiger partial charge in [-0.25, -0.2) is 8.42 Å². The molecule has 3 aromatic carbocycles. The van der Waals surface area contributed by atoms with Gasteiger partial charge in [-0.3, -0.25) is 9.10 Å². The van der Waals surface area contributed by atoms with Crippen molar-refractivity contribution in [1.29, 1.82) is 0 Å². The molecule has 1 N–H and O–H groups in total. The molecule has 1 amide bonds. The van der Waals surface area contributed by atoms with E-state index in [-0.39, 0.29) is 17.4 Å². The lowest BCUT2D eigenvalue weighted by atomic mass is 10.0. The molecule has 0 aliphatic carbocycles. The molecule has 5 nitrogen and oxygen atoms in total. The molecule has 0 radical (unpaired) electrons. The Kier molecular flexibility index (Phi) is 6.81. The predicted molar refractivity (Wildman–Crippen MR) is 126 cm³/mol. The summed E-state index contributed by atoms with van der Waals surface area (Å²) in [6.07, 6.45) is 0. The van der Waals surface area contributed by atoms with Crippen molar-refractivity contribution in [1.82, 2.24) is 0 Å².